The van der Waals surface area contributed by atoms with E-state index in [1.165, 1.54) is 43.0 Å². The third kappa shape index (κ3) is 4.76. The van der Waals surface area contributed by atoms with Gasteiger partial charge < -0.3 is 0 Å². The zero-order valence-corrected chi connectivity index (χ0v) is 24.3. The van der Waals surface area contributed by atoms with Gasteiger partial charge in [0.2, 0.25) is 0 Å². The Bertz CT molecular complexity index is 1610. The van der Waals surface area contributed by atoms with E-state index < -0.39 is 13.8 Å². The molecule has 40 heavy (non-hydrogen) atoms. The molecule has 194 valence electrons. The minimum atomic E-state index is -2.21. The van der Waals surface area contributed by atoms with Crippen LogP contribution in [0.1, 0.15) is 0 Å². The maximum atomic E-state index is 5.09. The van der Waals surface area contributed by atoms with E-state index in [4.69, 9.17) is 12.6 Å². The molecular weight excluding hydrogens is 518 g/mol. The Morgan fingerprint density at radius 1 is 0.275 bits per heavy atom. The van der Waals surface area contributed by atoms with E-state index in [0.717, 1.165) is 0 Å². The van der Waals surface area contributed by atoms with E-state index in [0.29, 0.717) is 0 Å². The van der Waals surface area contributed by atoms with E-state index in [-0.39, 0.29) is 0 Å². The lowest BCUT2D eigenvalue weighted by atomic mass is 10.1. The third-order valence-electron chi connectivity index (χ3n) is 7.68. The zero-order valence-electron chi connectivity index (χ0n) is 22.5. The Morgan fingerprint density at radius 2 is 0.550 bits per heavy atom. The minimum Gasteiger partial charge on any atom is -0.0887 e. The van der Waals surface area contributed by atoms with Crippen molar-refractivity contribution in [3.63, 3.8) is 0 Å². The fourth-order valence-electron chi connectivity index (χ4n) is 5.46. The van der Waals surface area contributed by atoms with Gasteiger partial charge in [0.15, 0.2) is 0 Å². The van der Waals surface area contributed by atoms with Gasteiger partial charge in [0, 0.05) is 0 Å². The first-order chi connectivity index (χ1) is 19.6. The van der Waals surface area contributed by atoms with Crippen molar-refractivity contribution in [1.29, 1.82) is 0 Å². The Hall–Kier alpha value is -4.08. The highest BCUT2D eigenvalue weighted by atomic mass is 31.2. The van der Waals surface area contributed by atoms with Crippen molar-refractivity contribution in [1.82, 2.24) is 0 Å². The molecule has 0 aliphatic rings. The van der Waals surface area contributed by atoms with Gasteiger partial charge in [-0.1, -0.05) is 164 Å². The van der Waals surface area contributed by atoms with Crippen molar-refractivity contribution in [2.45, 2.75) is 0 Å². The molecule has 0 fully saturated rings. The lowest BCUT2D eigenvalue weighted by Gasteiger charge is -2.31. The van der Waals surface area contributed by atoms with Gasteiger partial charge in [-0.15, -0.1) is 0 Å². The zero-order chi connectivity index (χ0) is 27.4. The molecule has 0 radical (unpaired) electrons. The van der Waals surface area contributed by atoms with E-state index in [2.05, 4.69) is 170 Å². The summed E-state index contributed by atoms with van der Waals surface area (Å²) in [4.78, 5) is 0. The minimum absolute atomic E-state index is 1.20. The highest BCUT2D eigenvalue weighted by Gasteiger charge is 2.28. The first-order valence-corrected chi connectivity index (χ1v) is 17.5. The predicted octanol–water partition coefficient (Wildman–Crippen LogP) is 6.81. The van der Waals surface area contributed by atoms with Crippen molar-refractivity contribution >= 4 is 58.2 Å². The number of hydrogen-bond donors (Lipinski definition) is 0. The van der Waals surface area contributed by atoms with Gasteiger partial charge in [-0.25, -0.2) is 0 Å². The van der Waals surface area contributed by atoms with Crippen molar-refractivity contribution in [3.8, 4) is 11.1 Å². The molecule has 6 rings (SSSR count). The molecule has 6 aromatic rings. The molecule has 0 amide bonds. The molecular formula is C38H32P2. The normalized spacial score (nSPS) is 11.7. The Balaban J connectivity index is 1.71. The van der Waals surface area contributed by atoms with Crippen LogP contribution in [-0.2, 0) is 0 Å². The van der Waals surface area contributed by atoms with Gasteiger partial charge in [0.1, 0.15) is 0 Å². The number of benzene rings is 6. The highest BCUT2D eigenvalue weighted by molar-refractivity contribution is 7.94. The summed E-state index contributed by atoms with van der Waals surface area (Å²) in [6.45, 7) is -4.43. The van der Waals surface area contributed by atoms with E-state index in [1.54, 1.807) is 0 Å². The summed E-state index contributed by atoms with van der Waals surface area (Å²) in [5.41, 5.74) is 2.40. The SMILES string of the molecule is C=P(c1ccccc1)(c1ccccc1)c1cc(-c2ccccc2)cc(P(=C)(c2ccccc2)c2ccccc2)c1. The molecule has 0 aliphatic heterocycles. The van der Waals surface area contributed by atoms with Crippen LogP contribution >= 0.6 is 13.8 Å². The molecule has 0 saturated carbocycles. The molecule has 0 heterocycles. The lowest BCUT2D eigenvalue weighted by molar-refractivity contribution is 1.65. The Kier molecular flexibility index (Phi) is 7.32. The fourth-order valence-corrected chi connectivity index (χ4v) is 11.5. The molecule has 0 saturated heterocycles. The second-order valence-corrected chi connectivity index (χ2v) is 16.4. The van der Waals surface area contributed by atoms with E-state index in [1.807, 2.05) is 0 Å². The van der Waals surface area contributed by atoms with Gasteiger partial charge in [-0.2, -0.15) is 0 Å². The molecule has 2 heteroatoms. The van der Waals surface area contributed by atoms with E-state index in [9.17, 15) is 0 Å². The number of hydrogen-bond acceptors (Lipinski definition) is 0. The molecule has 0 bridgehead atoms. The molecule has 0 aliphatic carbocycles. The molecule has 0 nitrogen and oxygen atoms in total. The standard InChI is InChI=1S/C38H32P2/c1-39(33-20-10-4-11-21-33,34-22-12-5-13-23-34)37-28-32(31-18-8-3-9-19-31)29-38(30-37)40(2,35-24-14-6-15-25-35)36-26-16-7-17-27-36/h3-30H,1-2H2. The van der Waals surface area contributed by atoms with Crippen molar-refractivity contribution in [3.05, 3.63) is 170 Å². The van der Waals surface area contributed by atoms with Gasteiger partial charge in [-0.3, -0.25) is 0 Å². The Morgan fingerprint density at radius 3 is 0.850 bits per heavy atom. The summed E-state index contributed by atoms with van der Waals surface area (Å²) >= 11 is 0. The van der Waals surface area contributed by atoms with Crippen LogP contribution in [0.15, 0.2) is 170 Å². The summed E-state index contributed by atoms with van der Waals surface area (Å²) in [5.74, 6) is 0. The van der Waals surface area contributed by atoms with Gasteiger partial charge in [0.25, 0.3) is 0 Å². The van der Waals surface area contributed by atoms with Crippen LogP contribution in [0.4, 0.5) is 0 Å². The molecule has 0 unspecified atom stereocenters. The van der Waals surface area contributed by atoms with Crippen LogP contribution in [0, 0.1) is 0 Å². The maximum absolute atomic E-state index is 5.09. The van der Waals surface area contributed by atoms with Crippen LogP contribution in [-0.4, -0.2) is 12.6 Å². The van der Waals surface area contributed by atoms with E-state index >= 15 is 0 Å². The highest BCUT2D eigenvalue weighted by Crippen LogP contribution is 2.46. The van der Waals surface area contributed by atoms with Crippen molar-refractivity contribution < 1.29 is 0 Å². The molecule has 0 N–H and O–H groups in total. The topological polar surface area (TPSA) is 0 Å². The van der Waals surface area contributed by atoms with Crippen LogP contribution < -0.4 is 31.8 Å². The monoisotopic (exact) mass is 550 g/mol. The smallest absolute Gasteiger partial charge is 0.0153 e. The maximum Gasteiger partial charge on any atom is -0.0153 e. The third-order valence-corrected chi connectivity index (χ3v) is 14.7. The number of rotatable bonds is 7. The average Bonchev–Trinajstić information content (AvgIpc) is 3.06. The molecule has 6 aromatic carbocycles. The second kappa shape index (κ2) is 11.2. The van der Waals surface area contributed by atoms with Crippen molar-refractivity contribution in [2.75, 3.05) is 0 Å². The fraction of sp³-hybridized carbons (Fsp3) is 0. The first kappa shape index (κ1) is 26.2. The summed E-state index contributed by atoms with van der Waals surface area (Å²) in [5, 5.41) is 7.60. The van der Waals surface area contributed by atoms with Crippen LogP contribution in [0.5, 0.6) is 0 Å². The second-order valence-electron chi connectivity index (χ2n) is 10.1. The molecule has 0 spiro atoms. The summed E-state index contributed by atoms with van der Waals surface area (Å²) < 4.78 is 0. The first-order valence-electron chi connectivity index (χ1n) is 13.5. The average molecular weight is 551 g/mol. The summed E-state index contributed by atoms with van der Waals surface area (Å²) in [7, 11) is 0. The predicted molar refractivity (Wildman–Crippen MR) is 184 cm³/mol. The summed E-state index contributed by atoms with van der Waals surface area (Å²) in [6, 6.07) is 61.2. The van der Waals surface area contributed by atoms with Gasteiger partial charge in [-0.05, 0) is 74.9 Å². The van der Waals surface area contributed by atoms with Crippen LogP contribution in [0.3, 0.4) is 0 Å². The molecule has 0 aromatic heterocycles. The largest absolute Gasteiger partial charge is 0.0887 e. The van der Waals surface area contributed by atoms with Crippen LogP contribution in [0.2, 0.25) is 0 Å². The lowest BCUT2D eigenvalue weighted by Crippen LogP contribution is -2.31. The van der Waals surface area contributed by atoms with Crippen LogP contribution in [0.25, 0.3) is 11.1 Å². The quantitative estimate of drug-likeness (QED) is 0.192. The van der Waals surface area contributed by atoms with Gasteiger partial charge in [0.05, 0.1) is 0 Å². The van der Waals surface area contributed by atoms with Crippen molar-refractivity contribution in [2.24, 2.45) is 0 Å². The van der Waals surface area contributed by atoms with Gasteiger partial charge >= 0.3 is 0 Å². The molecule has 0 atom stereocenters. The Labute approximate surface area is 238 Å². The summed E-state index contributed by atoms with van der Waals surface area (Å²) in [6.07, 6.45) is 10.2.